The zero-order valence-corrected chi connectivity index (χ0v) is 7.60. The van der Waals surface area contributed by atoms with Crippen molar-refractivity contribution in [1.82, 2.24) is 9.97 Å². The van der Waals surface area contributed by atoms with E-state index in [0.717, 1.165) is 5.56 Å². The van der Waals surface area contributed by atoms with E-state index in [4.69, 9.17) is 4.42 Å². The lowest BCUT2D eigenvalue weighted by Gasteiger charge is -1.91. The summed E-state index contributed by atoms with van der Waals surface area (Å²) >= 11 is 0. The van der Waals surface area contributed by atoms with E-state index in [1.165, 1.54) is 13.1 Å². The second-order valence-corrected chi connectivity index (χ2v) is 2.83. The normalized spacial score (nSPS) is 10.1. The molecule has 0 amide bonds. The molecule has 0 fully saturated rings. The van der Waals surface area contributed by atoms with Crippen LogP contribution in [0.2, 0.25) is 0 Å². The predicted octanol–water partition coefficient (Wildman–Crippen LogP) is 1.94. The van der Waals surface area contributed by atoms with Gasteiger partial charge in [-0.1, -0.05) is 0 Å². The second kappa shape index (κ2) is 3.41. The summed E-state index contributed by atoms with van der Waals surface area (Å²) in [5, 5.41) is 0. The second-order valence-electron chi connectivity index (χ2n) is 2.83. The molecule has 2 aromatic rings. The molecule has 0 saturated heterocycles. The molecule has 0 aliphatic heterocycles. The van der Waals surface area contributed by atoms with Gasteiger partial charge in [-0.05, 0) is 12.1 Å². The first kappa shape index (κ1) is 8.62. The summed E-state index contributed by atoms with van der Waals surface area (Å²) in [5.74, 6) is 0.555. The molecule has 0 saturated carbocycles. The molecular formula is C10H8N2O2. The van der Waals surface area contributed by atoms with Crippen LogP contribution in [-0.4, -0.2) is 15.8 Å². The van der Waals surface area contributed by atoms with Crippen LogP contribution in [0, 0.1) is 0 Å². The monoisotopic (exact) mass is 188 g/mol. The SMILES string of the molecule is CC(=O)c1cnc(-c2cccnc2)o1. The van der Waals surface area contributed by atoms with Crippen LogP contribution in [0.4, 0.5) is 0 Å². The average Bonchev–Trinajstić information content (AvgIpc) is 2.68. The standard InChI is InChI=1S/C10H8N2O2/c1-7(13)9-6-12-10(14-9)8-3-2-4-11-5-8/h2-6H,1H3. The summed E-state index contributed by atoms with van der Waals surface area (Å²) in [4.78, 5) is 18.9. The van der Waals surface area contributed by atoms with E-state index >= 15 is 0 Å². The van der Waals surface area contributed by atoms with E-state index in [-0.39, 0.29) is 11.5 Å². The van der Waals surface area contributed by atoms with E-state index in [1.54, 1.807) is 18.5 Å². The van der Waals surface area contributed by atoms with Gasteiger partial charge in [-0.3, -0.25) is 9.78 Å². The molecule has 0 aliphatic rings. The number of nitrogens with zero attached hydrogens (tertiary/aromatic N) is 2. The number of hydrogen-bond acceptors (Lipinski definition) is 4. The highest BCUT2D eigenvalue weighted by atomic mass is 16.4. The Kier molecular flexibility index (Phi) is 2.10. The van der Waals surface area contributed by atoms with Crippen LogP contribution in [0.1, 0.15) is 17.5 Å². The number of aromatic nitrogens is 2. The Morgan fingerprint density at radius 2 is 2.29 bits per heavy atom. The molecule has 0 radical (unpaired) electrons. The predicted molar refractivity (Wildman–Crippen MR) is 49.7 cm³/mol. The first-order valence-corrected chi connectivity index (χ1v) is 4.14. The highest BCUT2D eigenvalue weighted by molar-refractivity contribution is 5.91. The molecular weight excluding hydrogens is 180 g/mol. The molecule has 0 unspecified atom stereocenters. The highest BCUT2D eigenvalue weighted by Crippen LogP contribution is 2.17. The zero-order chi connectivity index (χ0) is 9.97. The number of ketones is 1. The van der Waals surface area contributed by atoms with E-state index in [2.05, 4.69) is 9.97 Å². The fourth-order valence-electron chi connectivity index (χ4n) is 1.06. The summed E-state index contributed by atoms with van der Waals surface area (Å²) in [7, 11) is 0. The fourth-order valence-corrected chi connectivity index (χ4v) is 1.06. The van der Waals surface area contributed by atoms with Crippen LogP contribution >= 0.6 is 0 Å². The molecule has 2 heterocycles. The van der Waals surface area contributed by atoms with Gasteiger partial charge in [-0.15, -0.1) is 0 Å². The van der Waals surface area contributed by atoms with E-state index < -0.39 is 0 Å². The number of Topliss-reactive ketones (excluding diaryl/α,β-unsaturated/α-hetero) is 1. The Morgan fingerprint density at radius 3 is 2.86 bits per heavy atom. The van der Waals surface area contributed by atoms with Crippen molar-refractivity contribution >= 4 is 5.78 Å². The summed E-state index contributed by atoms with van der Waals surface area (Å²) in [6.45, 7) is 1.44. The average molecular weight is 188 g/mol. The number of hydrogen-bond donors (Lipinski definition) is 0. The Balaban J connectivity index is 2.39. The number of pyridine rings is 1. The number of carbonyl (C=O) groups excluding carboxylic acids is 1. The zero-order valence-electron chi connectivity index (χ0n) is 7.60. The number of oxazole rings is 1. The van der Waals surface area contributed by atoms with Crippen LogP contribution < -0.4 is 0 Å². The van der Waals surface area contributed by atoms with Crippen molar-refractivity contribution in [2.24, 2.45) is 0 Å². The molecule has 4 heteroatoms. The molecule has 0 atom stereocenters. The molecule has 14 heavy (non-hydrogen) atoms. The van der Waals surface area contributed by atoms with E-state index in [1.807, 2.05) is 6.07 Å². The summed E-state index contributed by atoms with van der Waals surface area (Å²) < 4.78 is 5.23. The van der Waals surface area contributed by atoms with Crippen molar-refractivity contribution in [2.75, 3.05) is 0 Å². The summed E-state index contributed by atoms with van der Waals surface area (Å²) in [6, 6.07) is 3.61. The van der Waals surface area contributed by atoms with Crippen LogP contribution in [0.5, 0.6) is 0 Å². The molecule has 0 aromatic carbocycles. The Labute approximate surface area is 80.6 Å². The third-order valence-corrected chi connectivity index (χ3v) is 1.76. The molecule has 70 valence electrons. The van der Waals surface area contributed by atoms with Gasteiger partial charge in [-0.2, -0.15) is 0 Å². The van der Waals surface area contributed by atoms with Crippen molar-refractivity contribution in [3.63, 3.8) is 0 Å². The smallest absolute Gasteiger partial charge is 0.228 e. The first-order valence-electron chi connectivity index (χ1n) is 4.14. The highest BCUT2D eigenvalue weighted by Gasteiger charge is 2.08. The quantitative estimate of drug-likeness (QED) is 0.676. The fraction of sp³-hybridized carbons (Fsp3) is 0.100. The summed E-state index contributed by atoms with van der Waals surface area (Å²) in [5.41, 5.74) is 0.764. The van der Waals surface area contributed by atoms with Crippen LogP contribution in [0.3, 0.4) is 0 Å². The van der Waals surface area contributed by atoms with Crippen LogP contribution in [-0.2, 0) is 0 Å². The molecule has 0 N–H and O–H groups in total. The lowest BCUT2D eigenvalue weighted by molar-refractivity contribution is 0.0988. The van der Waals surface area contributed by atoms with Gasteiger partial charge in [0.2, 0.25) is 5.89 Å². The third-order valence-electron chi connectivity index (χ3n) is 1.76. The van der Waals surface area contributed by atoms with Gasteiger partial charge < -0.3 is 4.42 Å². The van der Waals surface area contributed by atoms with E-state index in [9.17, 15) is 4.79 Å². The maximum atomic E-state index is 10.9. The van der Waals surface area contributed by atoms with Gasteiger partial charge in [0.05, 0.1) is 11.8 Å². The number of carbonyl (C=O) groups is 1. The molecule has 2 aromatic heterocycles. The van der Waals surface area contributed by atoms with Crippen molar-refractivity contribution < 1.29 is 9.21 Å². The maximum absolute atomic E-state index is 10.9. The minimum Gasteiger partial charge on any atom is -0.433 e. The van der Waals surface area contributed by atoms with Gasteiger partial charge in [0, 0.05) is 19.3 Å². The van der Waals surface area contributed by atoms with Gasteiger partial charge >= 0.3 is 0 Å². The third kappa shape index (κ3) is 1.54. The lowest BCUT2D eigenvalue weighted by Crippen LogP contribution is -1.86. The van der Waals surface area contributed by atoms with Gasteiger partial charge in [0.25, 0.3) is 0 Å². The molecule has 2 rings (SSSR count). The minimum absolute atomic E-state index is 0.132. The van der Waals surface area contributed by atoms with Gasteiger partial charge in [0.1, 0.15) is 0 Å². The Hall–Kier alpha value is -1.97. The van der Waals surface area contributed by atoms with Crippen LogP contribution in [0.15, 0.2) is 35.1 Å². The van der Waals surface area contributed by atoms with E-state index in [0.29, 0.717) is 5.89 Å². The number of rotatable bonds is 2. The van der Waals surface area contributed by atoms with Gasteiger partial charge in [-0.25, -0.2) is 4.98 Å². The Morgan fingerprint density at radius 1 is 1.43 bits per heavy atom. The van der Waals surface area contributed by atoms with Crippen molar-refractivity contribution in [1.29, 1.82) is 0 Å². The first-order chi connectivity index (χ1) is 6.77. The maximum Gasteiger partial charge on any atom is 0.228 e. The summed E-state index contributed by atoms with van der Waals surface area (Å²) in [6.07, 6.45) is 4.72. The molecule has 4 nitrogen and oxygen atoms in total. The lowest BCUT2D eigenvalue weighted by atomic mass is 10.3. The van der Waals surface area contributed by atoms with Crippen LogP contribution in [0.25, 0.3) is 11.5 Å². The topological polar surface area (TPSA) is 56.0 Å². The van der Waals surface area contributed by atoms with Gasteiger partial charge in [0.15, 0.2) is 11.5 Å². The Bertz CT molecular complexity index is 448. The van der Waals surface area contributed by atoms with Crippen molar-refractivity contribution in [3.8, 4) is 11.5 Å². The molecule has 0 spiro atoms. The molecule has 0 aliphatic carbocycles. The largest absolute Gasteiger partial charge is 0.433 e. The minimum atomic E-state index is -0.132. The van der Waals surface area contributed by atoms with Crippen molar-refractivity contribution in [2.45, 2.75) is 6.92 Å². The molecule has 0 bridgehead atoms. The van der Waals surface area contributed by atoms with Crippen molar-refractivity contribution in [3.05, 3.63) is 36.5 Å².